The lowest BCUT2D eigenvalue weighted by Gasteiger charge is -2.32. The van der Waals surface area contributed by atoms with Crippen LogP contribution in [0.3, 0.4) is 0 Å². The molecule has 1 aromatic rings. The maximum Gasteiger partial charge on any atom is 0.308 e. The molecule has 5 heteroatoms. The van der Waals surface area contributed by atoms with Crippen molar-refractivity contribution in [2.75, 3.05) is 25.1 Å². The third-order valence-electron chi connectivity index (χ3n) is 3.27. The van der Waals surface area contributed by atoms with Gasteiger partial charge in [-0.2, -0.15) is 0 Å². The van der Waals surface area contributed by atoms with E-state index < -0.39 is 11.8 Å². The summed E-state index contributed by atoms with van der Waals surface area (Å²) in [5.74, 6) is -1.38. The van der Waals surface area contributed by atoms with E-state index in [9.17, 15) is 9.18 Å². The number of halogens is 1. The molecule has 0 radical (unpaired) electrons. The van der Waals surface area contributed by atoms with Crippen LogP contribution in [0.5, 0.6) is 5.75 Å². The fraction of sp³-hybridized carbons (Fsp3) is 0.462. The molecule has 4 nitrogen and oxygen atoms in total. The lowest BCUT2D eigenvalue weighted by molar-refractivity contribution is -0.141. The molecular weight excluding hydrogens is 237 g/mol. The maximum atomic E-state index is 13.6. The average Bonchev–Trinajstić information content (AvgIpc) is 2.38. The number of ether oxygens (including phenoxy) is 1. The maximum absolute atomic E-state index is 13.6. The highest BCUT2D eigenvalue weighted by Crippen LogP contribution is 2.27. The fourth-order valence-corrected chi connectivity index (χ4v) is 2.27. The van der Waals surface area contributed by atoms with Gasteiger partial charge in [0.2, 0.25) is 0 Å². The summed E-state index contributed by atoms with van der Waals surface area (Å²) in [6.07, 6.45) is 1.50. The molecule has 98 valence electrons. The number of piperidine rings is 1. The van der Waals surface area contributed by atoms with Crippen molar-refractivity contribution in [3.63, 3.8) is 0 Å². The first-order valence-electron chi connectivity index (χ1n) is 5.93. The number of anilines is 1. The molecule has 2 rings (SSSR count). The van der Waals surface area contributed by atoms with Gasteiger partial charge in [0.05, 0.1) is 13.0 Å². The summed E-state index contributed by atoms with van der Waals surface area (Å²) in [5, 5.41) is 9.02. The SMILES string of the molecule is COc1ccc(N2CCCC(C(=O)O)C2)cc1F. The van der Waals surface area contributed by atoms with Crippen LogP contribution in [0.1, 0.15) is 12.8 Å². The van der Waals surface area contributed by atoms with Crippen molar-refractivity contribution in [2.24, 2.45) is 5.92 Å². The van der Waals surface area contributed by atoms with Crippen molar-refractivity contribution < 1.29 is 19.0 Å². The number of hydrogen-bond acceptors (Lipinski definition) is 3. The Balaban J connectivity index is 2.16. The van der Waals surface area contributed by atoms with E-state index in [4.69, 9.17) is 9.84 Å². The zero-order valence-electron chi connectivity index (χ0n) is 10.2. The smallest absolute Gasteiger partial charge is 0.308 e. The van der Waals surface area contributed by atoms with Crippen LogP contribution < -0.4 is 9.64 Å². The van der Waals surface area contributed by atoms with Crippen molar-refractivity contribution in [3.8, 4) is 5.75 Å². The third kappa shape index (κ3) is 2.55. The van der Waals surface area contributed by atoms with E-state index in [2.05, 4.69) is 0 Å². The van der Waals surface area contributed by atoms with Crippen LogP contribution in [0.2, 0.25) is 0 Å². The van der Waals surface area contributed by atoms with Gasteiger partial charge in [0, 0.05) is 24.8 Å². The Kier molecular flexibility index (Phi) is 3.69. The topological polar surface area (TPSA) is 49.8 Å². The number of nitrogens with zero attached hydrogens (tertiary/aromatic N) is 1. The van der Waals surface area contributed by atoms with E-state index in [1.54, 1.807) is 12.1 Å². The molecule has 1 fully saturated rings. The highest BCUT2D eigenvalue weighted by atomic mass is 19.1. The summed E-state index contributed by atoms with van der Waals surface area (Å²) in [4.78, 5) is 12.9. The molecule has 1 atom stereocenters. The molecule has 1 N–H and O–H groups in total. The molecule has 0 spiro atoms. The van der Waals surface area contributed by atoms with Crippen LogP contribution in [-0.2, 0) is 4.79 Å². The molecule has 0 amide bonds. The summed E-state index contributed by atoms with van der Waals surface area (Å²) in [7, 11) is 1.42. The quantitative estimate of drug-likeness (QED) is 0.896. The van der Waals surface area contributed by atoms with Crippen molar-refractivity contribution >= 4 is 11.7 Å². The monoisotopic (exact) mass is 253 g/mol. The summed E-state index contributed by atoms with van der Waals surface area (Å²) in [5.41, 5.74) is 0.708. The molecular formula is C13H16FNO3. The van der Waals surface area contributed by atoms with Crippen LogP contribution in [-0.4, -0.2) is 31.3 Å². The Morgan fingerprint density at radius 3 is 2.94 bits per heavy atom. The lowest BCUT2D eigenvalue weighted by atomic mass is 9.98. The minimum atomic E-state index is -0.784. The molecule has 1 aliphatic heterocycles. The standard InChI is InChI=1S/C13H16FNO3/c1-18-12-5-4-10(7-11(12)14)15-6-2-3-9(8-15)13(16)17/h4-5,7,9H,2-3,6,8H2,1H3,(H,16,17). The number of carboxylic acids is 1. The van der Waals surface area contributed by atoms with Gasteiger partial charge in [-0.25, -0.2) is 4.39 Å². The van der Waals surface area contributed by atoms with Crippen LogP contribution in [0.4, 0.5) is 10.1 Å². The Morgan fingerprint density at radius 2 is 2.33 bits per heavy atom. The van der Waals surface area contributed by atoms with Crippen molar-refractivity contribution in [1.29, 1.82) is 0 Å². The van der Waals surface area contributed by atoms with E-state index in [1.807, 2.05) is 4.90 Å². The molecule has 18 heavy (non-hydrogen) atoms. The lowest BCUT2D eigenvalue weighted by Crippen LogP contribution is -2.38. The molecule has 0 bridgehead atoms. The van der Waals surface area contributed by atoms with Crippen LogP contribution in [0.25, 0.3) is 0 Å². The highest BCUT2D eigenvalue weighted by molar-refractivity contribution is 5.71. The van der Waals surface area contributed by atoms with Gasteiger partial charge in [-0.3, -0.25) is 4.79 Å². The van der Waals surface area contributed by atoms with Crippen LogP contribution in [0.15, 0.2) is 18.2 Å². The summed E-state index contributed by atoms with van der Waals surface area (Å²) < 4.78 is 18.5. The first-order valence-corrected chi connectivity index (χ1v) is 5.93. The zero-order chi connectivity index (χ0) is 13.1. The van der Waals surface area contributed by atoms with Gasteiger partial charge in [0.1, 0.15) is 0 Å². The Morgan fingerprint density at radius 1 is 1.56 bits per heavy atom. The number of benzene rings is 1. The van der Waals surface area contributed by atoms with Gasteiger partial charge in [0.15, 0.2) is 11.6 Å². The predicted octanol–water partition coefficient (Wildman–Crippen LogP) is 2.14. The van der Waals surface area contributed by atoms with Gasteiger partial charge in [-0.15, -0.1) is 0 Å². The molecule has 1 heterocycles. The van der Waals surface area contributed by atoms with Crippen molar-refractivity contribution in [2.45, 2.75) is 12.8 Å². The van der Waals surface area contributed by atoms with E-state index in [1.165, 1.54) is 13.2 Å². The van der Waals surface area contributed by atoms with Gasteiger partial charge < -0.3 is 14.7 Å². The second-order valence-electron chi connectivity index (χ2n) is 4.44. The molecule has 0 saturated carbocycles. The summed E-state index contributed by atoms with van der Waals surface area (Å²) >= 11 is 0. The average molecular weight is 253 g/mol. The molecule has 0 aliphatic carbocycles. The van der Waals surface area contributed by atoms with Crippen molar-refractivity contribution in [1.82, 2.24) is 0 Å². The molecule has 1 saturated heterocycles. The summed E-state index contributed by atoms with van der Waals surface area (Å²) in [6.45, 7) is 1.19. The van der Waals surface area contributed by atoms with Gasteiger partial charge in [-0.1, -0.05) is 0 Å². The molecule has 1 unspecified atom stereocenters. The third-order valence-corrected chi connectivity index (χ3v) is 3.27. The van der Waals surface area contributed by atoms with Gasteiger partial charge >= 0.3 is 5.97 Å². The van der Waals surface area contributed by atoms with E-state index in [0.29, 0.717) is 18.7 Å². The van der Waals surface area contributed by atoms with Crippen LogP contribution >= 0.6 is 0 Å². The molecule has 1 aliphatic rings. The minimum Gasteiger partial charge on any atom is -0.494 e. The first-order chi connectivity index (χ1) is 8.61. The van der Waals surface area contributed by atoms with Crippen molar-refractivity contribution in [3.05, 3.63) is 24.0 Å². The first kappa shape index (κ1) is 12.7. The number of methoxy groups -OCH3 is 1. The highest BCUT2D eigenvalue weighted by Gasteiger charge is 2.25. The Bertz CT molecular complexity index is 450. The number of rotatable bonds is 3. The van der Waals surface area contributed by atoms with E-state index in [0.717, 1.165) is 13.0 Å². The number of carboxylic acid groups (broad SMARTS) is 1. The second kappa shape index (κ2) is 5.25. The van der Waals surface area contributed by atoms with E-state index >= 15 is 0 Å². The number of carbonyl (C=O) groups is 1. The summed E-state index contributed by atoms with van der Waals surface area (Å²) in [6, 6.07) is 4.71. The predicted molar refractivity (Wildman–Crippen MR) is 65.5 cm³/mol. The number of hydrogen-bond donors (Lipinski definition) is 1. The van der Waals surface area contributed by atoms with Gasteiger partial charge in [0.25, 0.3) is 0 Å². The minimum absolute atomic E-state index is 0.200. The largest absolute Gasteiger partial charge is 0.494 e. The molecule has 0 aromatic heterocycles. The zero-order valence-corrected chi connectivity index (χ0v) is 10.2. The Labute approximate surface area is 105 Å². The molecule has 1 aromatic carbocycles. The van der Waals surface area contributed by atoms with E-state index in [-0.39, 0.29) is 11.7 Å². The second-order valence-corrected chi connectivity index (χ2v) is 4.44. The normalized spacial score (nSPS) is 19.7. The fourth-order valence-electron chi connectivity index (χ4n) is 2.27. The number of aliphatic carboxylic acids is 1. The van der Waals surface area contributed by atoms with Gasteiger partial charge in [-0.05, 0) is 25.0 Å². The Hall–Kier alpha value is -1.78. The van der Waals surface area contributed by atoms with Crippen LogP contribution in [0, 0.1) is 11.7 Å².